The van der Waals surface area contributed by atoms with Crippen LogP contribution in [0.25, 0.3) is 29.4 Å². The second kappa shape index (κ2) is 18.1. The van der Waals surface area contributed by atoms with Gasteiger partial charge in [0.05, 0.1) is 0 Å². The first-order valence-corrected chi connectivity index (χ1v) is 24.0. The smallest absolute Gasteiger partial charge is 0.0465 e. The summed E-state index contributed by atoms with van der Waals surface area (Å²) in [6.45, 7) is 15.8. The molecule has 0 radical (unpaired) electrons. The van der Waals surface area contributed by atoms with Gasteiger partial charge in [-0.25, -0.2) is 0 Å². The fraction of sp³-hybridized carbons (Fsp3) is 0.169. The third kappa shape index (κ3) is 8.27. The van der Waals surface area contributed by atoms with E-state index in [9.17, 15) is 0 Å². The molecule has 0 fully saturated rings. The number of benzene rings is 6. The first-order valence-electron chi connectivity index (χ1n) is 24.0. The maximum Gasteiger partial charge on any atom is 0.0465 e. The van der Waals surface area contributed by atoms with Gasteiger partial charge < -0.3 is 9.80 Å². The van der Waals surface area contributed by atoms with Crippen molar-refractivity contribution in [2.45, 2.75) is 70.6 Å². The minimum Gasteiger partial charge on any atom is -0.314 e. The van der Waals surface area contributed by atoms with Crippen LogP contribution >= 0.6 is 0 Å². The molecule has 0 saturated heterocycles. The van der Waals surface area contributed by atoms with E-state index < -0.39 is 0 Å². The molecule has 4 aliphatic carbocycles. The molecule has 0 aliphatic heterocycles. The standard InChI is InChI=1S/C65H60N2/c1-7-9-19-50(8-2)66(51-20-13-10-14-21-51)54-36-40-58-56-38-34-48(42-60(56)64(3,4)62(58)44-54)32-30-46-26-28-47(29-27-46)31-33-49-35-39-57-59-41-37-55(45-63(59)65(5,6)61(57)43-49)67(52-22-15-11-16-23-52)53-24-17-12-18-25-53/h7-13,15-20,22-37,39-45,56H,2,14,21,38H2,1,3-6H3/b9-7-,32-30+,33-31+,50-19+. The van der Waals surface area contributed by atoms with Crippen LogP contribution in [0.4, 0.5) is 22.7 Å². The van der Waals surface area contributed by atoms with Crippen LogP contribution in [-0.4, -0.2) is 0 Å². The monoisotopic (exact) mass is 868 g/mol. The summed E-state index contributed by atoms with van der Waals surface area (Å²) in [5, 5.41) is 0. The highest BCUT2D eigenvalue weighted by atomic mass is 15.2. The Morgan fingerprint density at radius 2 is 1.24 bits per heavy atom. The summed E-state index contributed by atoms with van der Waals surface area (Å²) in [6, 6.07) is 51.3. The lowest BCUT2D eigenvalue weighted by atomic mass is 9.77. The average Bonchev–Trinajstić information content (AvgIpc) is 3.73. The van der Waals surface area contributed by atoms with Crippen LogP contribution < -0.4 is 9.80 Å². The molecule has 67 heavy (non-hydrogen) atoms. The van der Waals surface area contributed by atoms with Crippen molar-refractivity contribution < 1.29 is 0 Å². The summed E-state index contributed by atoms with van der Waals surface area (Å²) in [6.07, 6.45) is 32.0. The van der Waals surface area contributed by atoms with Gasteiger partial charge in [0, 0.05) is 50.9 Å². The zero-order chi connectivity index (χ0) is 46.1. The second-order valence-corrected chi connectivity index (χ2v) is 19.3. The summed E-state index contributed by atoms with van der Waals surface area (Å²) < 4.78 is 0. The first-order chi connectivity index (χ1) is 32.6. The van der Waals surface area contributed by atoms with E-state index in [1.165, 1.54) is 78.3 Å². The van der Waals surface area contributed by atoms with E-state index in [-0.39, 0.29) is 10.8 Å². The Kier molecular flexibility index (Phi) is 11.7. The lowest BCUT2D eigenvalue weighted by molar-refractivity contribution is 0.611. The molecule has 0 spiro atoms. The van der Waals surface area contributed by atoms with Gasteiger partial charge in [0.25, 0.3) is 0 Å². The predicted molar refractivity (Wildman–Crippen MR) is 288 cm³/mol. The Balaban J connectivity index is 0.835. The number of para-hydroxylation sites is 2. The second-order valence-electron chi connectivity index (χ2n) is 19.3. The van der Waals surface area contributed by atoms with E-state index in [4.69, 9.17) is 0 Å². The fourth-order valence-corrected chi connectivity index (χ4v) is 10.8. The van der Waals surface area contributed by atoms with E-state index in [1.807, 2.05) is 6.08 Å². The quantitative estimate of drug-likeness (QED) is 0.0893. The summed E-state index contributed by atoms with van der Waals surface area (Å²) in [4.78, 5) is 4.75. The Bertz CT molecular complexity index is 3070. The number of fused-ring (bicyclic) bond motifs is 6. The highest BCUT2D eigenvalue weighted by molar-refractivity contribution is 5.87. The molecule has 0 amide bonds. The normalized spacial score (nSPS) is 17.7. The number of hydrogen-bond donors (Lipinski definition) is 0. The zero-order valence-electron chi connectivity index (χ0n) is 39.6. The Morgan fingerprint density at radius 1 is 0.627 bits per heavy atom. The van der Waals surface area contributed by atoms with Crippen molar-refractivity contribution in [1.29, 1.82) is 0 Å². The van der Waals surface area contributed by atoms with Gasteiger partial charge in [-0.15, -0.1) is 0 Å². The Hall–Kier alpha value is -7.42. The summed E-state index contributed by atoms with van der Waals surface area (Å²) in [7, 11) is 0. The molecule has 330 valence electrons. The molecule has 10 rings (SSSR count). The molecule has 0 saturated carbocycles. The van der Waals surface area contributed by atoms with Crippen molar-refractivity contribution in [3.63, 3.8) is 0 Å². The topological polar surface area (TPSA) is 6.48 Å². The van der Waals surface area contributed by atoms with Gasteiger partial charge in [-0.1, -0.05) is 192 Å². The molecule has 0 aromatic heterocycles. The largest absolute Gasteiger partial charge is 0.314 e. The van der Waals surface area contributed by atoms with Crippen LogP contribution in [0.15, 0.2) is 229 Å². The van der Waals surface area contributed by atoms with Gasteiger partial charge in [-0.2, -0.15) is 0 Å². The zero-order valence-corrected chi connectivity index (χ0v) is 39.6. The molecule has 4 aliphatic rings. The first kappa shape index (κ1) is 43.5. The van der Waals surface area contributed by atoms with Gasteiger partial charge in [-0.3, -0.25) is 0 Å². The molecule has 1 atom stereocenters. The molecular formula is C65H60N2. The van der Waals surface area contributed by atoms with Gasteiger partial charge in [0.2, 0.25) is 0 Å². The molecule has 2 heteroatoms. The van der Waals surface area contributed by atoms with Gasteiger partial charge >= 0.3 is 0 Å². The van der Waals surface area contributed by atoms with Crippen LogP contribution in [-0.2, 0) is 10.8 Å². The van der Waals surface area contributed by atoms with E-state index in [0.717, 1.165) is 36.3 Å². The number of rotatable bonds is 12. The molecular weight excluding hydrogens is 809 g/mol. The molecule has 0 bridgehead atoms. The maximum atomic E-state index is 4.21. The van der Waals surface area contributed by atoms with Crippen LogP contribution in [0, 0.1) is 0 Å². The van der Waals surface area contributed by atoms with Crippen molar-refractivity contribution in [3.8, 4) is 11.1 Å². The van der Waals surface area contributed by atoms with Crippen molar-refractivity contribution in [3.05, 3.63) is 268 Å². The summed E-state index contributed by atoms with van der Waals surface area (Å²) in [5.41, 5.74) is 21.4. The van der Waals surface area contributed by atoms with Crippen LogP contribution in [0.1, 0.15) is 98.7 Å². The SMILES string of the molecule is C=C/C(=C\C=C/C)N(C1=CC=CCC1)c1ccc2c(c1)C(C)(C)C1=CC(/C=C/c3ccc(/C=C/c4ccc5c(c4)C(C)(C)c4cc(N(c6ccccc6)c6ccccc6)ccc4-5)cc3)=CCC12. The molecule has 6 aromatic carbocycles. The number of nitrogens with zero attached hydrogens (tertiary/aromatic N) is 2. The molecule has 0 heterocycles. The van der Waals surface area contributed by atoms with Crippen LogP contribution in [0.3, 0.4) is 0 Å². The van der Waals surface area contributed by atoms with E-state index in [0.29, 0.717) is 5.92 Å². The van der Waals surface area contributed by atoms with Crippen molar-refractivity contribution >= 4 is 41.0 Å². The third-order valence-corrected chi connectivity index (χ3v) is 14.4. The van der Waals surface area contributed by atoms with Crippen LogP contribution in [0.5, 0.6) is 0 Å². The highest BCUT2D eigenvalue weighted by Gasteiger charge is 2.42. The lowest BCUT2D eigenvalue weighted by Gasteiger charge is -2.31. The minimum absolute atomic E-state index is 0.0830. The number of allylic oxidation sites excluding steroid dienone is 13. The predicted octanol–water partition coefficient (Wildman–Crippen LogP) is 17.7. The van der Waals surface area contributed by atoms with Gasteiger partial charge in [0.15, 0.2) is 0 Å². The molecule has 1 unspecified atom stereocenters. The lowest BCUT2D eigenvalue weighted by Crippen LogP contribution is -2.23. The van der Waals surface area contributed by atoms with Crippen molar-refractivity contribution in [1.82, 2.24) is 0 Å². The van der Waals surface area contributed by atoms with E-state index >= 15 is 0 Å². The average molecular weight is 869 g/mol. The third-order valence-electron chi connectivity index (χ3n) is 14.4. The van der Waals surface area contributed by atoms with E-state index in [1.54, 1.807) is 0 Å². The molecule has 0 N–H and O–H groups in total. The summed E-state index contributed by atoms with van der Waals surface area (Å²) >= 11 is 0. The Labute approximate surface area is 399 Å². The fourth-order valence-electron chi connectivity index (χ4n) is 10.8. The van der Waals surface area contributed by atoms with Crippen molar-refractivity contribution in [2.75, 3.05) is 9.80 Å². The minimum atomic E-state index is -0.144. The number of hydrogen-bond acceptors (Lipinski definition) is 2. The van der Waals surface area contributed by atoms with Crippen LogP contribution in [0.2, 0.25) is 0 Å². The van der Waals surface area contributed by atoms with Gasteiger partial charge in [0.1, 0.15) is 0 Å². The molecule has 2 nitrogen and oxygen atoms in total. The summed E-state index contributed by atoms with van der Waals surface area (Å²) in [5.74, 6) is 0.403. The Morgan fingerprint density at radius 3 is 1.90 bits per heavy atom. The maximum absolute atomic E-state index is 4.21. The highest BCUT2D eigenvalue weighted by Crippen LogP contribution is 2.55. The number of anilines is 4. The van der Waals surface area contributed by atoms with Gasteiger partial charge in [-0.05, 0) is 149 Å². The van der Waals surface area contributed by atoms with E-state index in [2.05, 4.69) is 263 Å². The molecule has 6 aromatic rings. The van der Waals surface area contributed by atoms with Crippen molar-refractivity contribution in [2.24, 2.45) is 0 Å².